The minimum absolute atomic E-state index is 0. The third-order valence-electron chi connectivity index (χ3n) is 3.71. The number of benzene rings is 1. The van der Waals surface area contributed by atoms with Gasteiger partial charge in [-0.1, -0.05) is 6.07 Å². The van der Waals surface area contributed by atoms with Crippen molar-refractivity contribution in [2.45, 2.75) is 12.0 Å². The Morgan fingerprint density at radius 2 is 2.04 bits per heavy atom. The van der Waals surface area contributed by atoms with E-state index < -0.39 is 17.7 Å². The van der Waals surface area contributed by atoms with Gasteiger partial charge in [-0.05, 0) is 17.7 Å². The first kappa shape index (κ1) is 21.9. The third kappa shape index (κ3) is 5.76. The number of carbonyl (C=O) groups is 1. The number of primary amides is 1. The molecule has 3 N–H and O–H groups in total. The summed E-state index contributed by atoms with van der Waals surface area (Å²) >= 11 is 0. The van der Waals surface area contributed by atoms with Crippen molar-refractivity contribution in [1.29, 1.82) is 0 Å². The number of nitrogens with one attached hydrogen (secondary N) is 1. The van der Waals surface area contributed by atoms with E-state index >= 15 is 0 Å². The summed E-state index contributed by atoms with van der Waals surface area (Å²) in [6.07, 6.45) is 0. The summed E-state index contributed by atoms with van der Waals surface area (Å²) in [5.74, 6) is -1.91. The molecule has 9 heteroatoms. The van der Waals surface area contributed by atoms with Gasteiger partial charge in [0.15, 0.2) is 11.6 Å². The van der Waals surface area contributed by atoms with Gasteiger partial charge in [-0.2, -0.15) is 0 Å². The lowest BCUT2D eigenvalue weighted by molar-refractivity contribution is 0.159. The fourth-order valence-electron chi connectivity index (χ4n) is 2.70. The molecule has 2 amide bonds. The molecule has 1 aliphatic heterocycles. The van der Waals surface area contributed by atoms with Gasteiger partial charge in [0.25, 0.3) is 0 Å². The summed E-state index contributed by atoms with van der Waals surface area (Å²) in [5, 5.41) is 2.67. The number of carbonyl (C=O) groups excluding carboxylic acids is 1. The number of hydrogen-bond acceptors (Lipinski definition) is 3. The number of rotatable bonds is 5. The molecule has 1 aromatic rings. The number of ether oxygens (including phenoxy) is 1. The summed E-state index contributed by atoms with van der Waals surface area (Å²) in [6, 6.07) is 2.96. The van der Waals surface area contributed by atoms with Crippen molar-refractivity contribution in [2.75, 3.05) is 33.4 Å². The van der Waals surface area contributed by atoms with Gasteiger partial charge in [0.05, 0.1) is 12.6 Å². The van der Waals surface area contributed by atoms with Crippen molar-refractivity contribution < 1.29 is 18.3 Å². The lowest BCUT2D eigenvalue weighted by Crippen LogP contribution is -2.42. The average molecular weight is 372 g/mol. The van der Waals surface area contributed by atoms with Crippen LogP contribution in [0.4, 0.5) is 13.6 Å². The van der Waals surface area contributed by atoms with Gasteiger partial charge in [0, 0.05) is 32.7 Å². The van der Waals surface area contributed by atoms with Gasteiger partial charge < -0.3 is 15.8 Å². The molecular weight excluding hydrogens is 351 g/mol. The minimum atomic E-state index is -0.888. The summed E-state index contributed by atoms with van der Waals surface area (Å²) in [4.78, 5) is 13.2. The molecule has 23 heavy (non-hydrogen) atoms. The fourth-order valence-corrected chi connectivity index (χ4v) is 2.70. The maximum absolute atomic E-state index is 13.4. The SMILES string of the molecule is COCCN1C[C@@H](NC(N)=O)[C@H](c2ccc(F)c(F)c2)C1.Cl.Cl. The van der Waals surface area contributed by atoms with E-state index in [0.29, 0.717) is 31.8 Å². The van der Waals surface area contributed by atoms with Crippen LogP contribution < -0.4 is 11.1 Å². The smallest absolute Gasteiger partial charge is 0.312 e. The largest absolute Gasteiger partial charge is 0.383 e. The van der Waals surface area contributed by atoms with Crippen LogP contribution in [0, 0.1) is 11.6 Å². The third-order valence-corrected chi connectivity index (χ3v) is 3.71. The van der Waals surface area contributed by atoms with Crippen molar-refractivity contribution in [3.63, 3.8) is 0 Å². The van der Waals surface area contributed by atoms with E-state index in [4.69, 9.17) is 10.5 Å². The van der Waals surface area contributed by atoms with Crippen LogP contribution in [-0.4, -0.2) is 50.3 Å². The first-order valence-corrected chi connectivity index (χ1v) is 6.73. The van der Waals surface area contributed by atoms with E-state index in [1.54, 1.807) is 13.2 Å². The molecule has 0 aromatic heterocycles. The maximum Gasteiger partial charge on any atom is 0.312 e. The highest BCUT2D eigenvalue weighted by atomic mass is 35.5. The second-order valence-electron chi connectivity index (χ2n) is 5.15. The van der Waals surface area contributed by atoms with Gasteiger partial charge >= 0.3 is 6.03 Å². The highest BCUT2D eigenvalue weighted by Crippen LogP contribution is 2.28. The zero-order valence-electron chi connectivity index (χ0n) is 12.6. The molecule has 1 aromatic carbocycles. The zero-order chi connectivity index (χ0) is 15.4. The number of hydrogen-bond donors (Lipinski definition) is 2. The maximum atomic E-state index is 13.4. The van der Waals surface area contributed by atoms with E-state index in [2.05, 4.69) is 10.2 Å². The summed E-state index contributed by atoms with van der Waals surface area (Å²) in [7, 11) is 1.61. The lowest BCUT2D eigenvalue weighted by Gasteiger charge is -2.19. The Morgan fingerprint density at radius 1 is 1.35 bits per heavy atom. The normalized spacial score (nSPS) is 20.5. The van der Waals surface area contributed by atoms with Crippen LogP contribution in [-0.2, 0) is 4.74 Å². The molecule has 1 heterocycles. The molecule has 132 valence electrons. The van der Waals surface area contributed by atoms with Gasteiger partial charge in [0.2, 0.25) is 0 Å². The number of halogens is 4. The minimum Gasteiger partial charge on any atom is -0.383 e. The summed E-state index contributed by atoms with van der Waals surface area (Å²) < 4.78 is 31.5. The molecule has 2 rings (SSSR count). The van der Waals surface area contributed by atoms with Crippen molar-refractivity contribution >= 4 is 30.8 Å². The summed E-state index contributed by atoms with van der Waals surface area (Å²) in [6.45, 7) is 2.48. The zero-order valence-corrected chi connectivity index (χ0v) is 14.3. The van der Waals surface area contributed by atoms with E-state index in [0.717, 1.165) is 6.07 Å². The molecule has 0 unspecified atom stereocenters. The van der Waals surface area contributed by atoms with Crippen molar-refractivity contribution in [3.8, 4) is 0 Å². The second kappa shape index (κ2) is 9.87. The first-order valence-electron chi connectivity index (χ1n) is 6.73. The molecule has 1 saturated heterocycles. The number of likely N-dealkylation sites (tertiary alicyclic amines) is 1. The van der Waals surface area contributed by atoms with Crippen LogP contribution in [0.3, 0.4) is 0 Å². The standard InChI is InChI=1S/C14H19F2N3O2.2ClH/c1-21-5-4-19-7-10(13(8-19)18-14(17)20)9-2-3-11(15)12(16)6-9;;/h2-3,6,10,13H,4-5,7-8H2,1H3,(H3,17,18,20);2*1H/t10-,13+;;/m0../s1. The molecule has 1 fully saturated rings. The Kier molecular flexibility index (Phi) is 9.38. The molecule has 1 aliphatic rings. The Morgan fingerprint density at radius 3 is 2.61 bits per heavy atom. The molecule has 0 radical (unpaired) electrons. The molecule has 0 saturated carbocycles. The molecule has 5 nitrogen and oxygen atoms in total. The molecule has 0 aliphatic carbocycles. The summed E-state index contributed by atoms with van der Waals surface area (Å²) in [5.41, 5.74) is 5.83. The van der Waals surface area contributed by atoms with Crippen molar-refractivity contribution in [2.24, 2.45) is 5.73 Å². The molecule has 2 atom stereocenters. The van der Waals surface area contributed by atoms with E-state index in [1.165, 1.54) is 6.07 Å². The van der Waals surface area contributed by atoms with Crippen LogP contribution >= 0.6 is 24.8 Å². The second-order valence-corrected chi connectivity index (χ2v) is 5.15. The quantitative estimate of drug-likeness (QED) is 0.830. The Hall–Kier alpha value is -1.15. The molecule has 0 bridgehead atoms. The Labute approximate surface area is 146 Å². The lowest BCUT2D eigenvalue weighted by atomic mass is 9.94. The van der Waals surface area contributed by atoms with Crippen LogP contribution in [0.25, 0.3) is 0 Å². The number of nitrogens with zero attached hydrogens (tertiary/aromatic N) is 1. The number of nitrogens with two attached hydrogens (primary N) is 1. The van der Waals surface area contributed by atoms with E-state index in [9.17, 15) is 13.6 Å². The Bertz CT molecular complexity index is 523. The van der Waals surface area contributed by atoms with Gasteiger partial charge in [0.1, 0.15) is 0 Å². The van der Waals surface area contributed by atoms with Crippen LogP contribution in [0.1, 0.15) is 11.5 Å². The topological polar surface area (TPSA) is 67.6 Å². The van der Waals surface area contributed by atoms with Crippen LogP contribution in [0.15, 0.2) is 18.2 Å². The first-order chi connectivity index (χ1) is 10.0. The van der Waals surface area contributed by atoms with Crippen LogP contribution in [0.5, 0.6) is 0 Å². The number of urea groups is 1. The van der Waals surface area contributed by atoms with Gasteiger partial charge in [-0.3, -0.25) is 4.90 Å². The highest BCUT2D eigenvalue weighted by Gasteiger charge is 2.34. The van der Waals surface area contributed by atoms with E-state index in [-0.39, 0.29) is 36.8 Å². The van der Waals surface area contributed by atoms with Crippen molar-refractivity contribution in [1.82, 2.24) is 10.2 Å². The monoisotopic (exact) mass is 371 g/mol. The fraction of sp³-hybridized carbons (Fsp3) is 0.500. The average Bonchev–Trinajstić information content (AvgIpc) is 2.81. The van der Waals surface area contributed by atoms with Gasteiger partial charge in [-0.15, -0.1) is 24.8 Å². The highest BCUT2D eigenvalue weighted by molar-refractivity contribution is 5.85. The van der Waals surface area contributed by atoms with Gasteiger partial charge in [-0.25, -0.2) is 13.6 Å². The number of methoxy groups -OCH3 is 1. The van der Waals surface area contributed by atoms with E-state index in [1.807, 2.05) is 0 Å². The number of amides is 2. The molecular formula is C14H21Cl2F2N3O2. The van der Waals surface area contributed by atoms with Crippen LogP contribution in [0.2, 0.25) is 0 Å². The predicted molar refractivity (Wildman–Crippen MR) is 88.4 cm³/mol. The van der Waals surface area contributed by atoms with Crippen molar-refractivity contribution in [3.05, 3.63) is 35.4 Å². The Balaban J connectivity index is 0.00000242. The molecule has 0 spiro atoms. The predicted octanol–water partition coefficient (Wildman–Crippen LogP) is 1.89.